The van der Waals surface area contributed by atoms with Gasteiger partial charge in [-0.05, 0) is 36.0 Å². The number of amides is 1. The van der Waals surface area contributed by atoms with E-state index in [-0.39, 0.29) is 17.4 Å². The van der Waals surface area contributed by atoms with Crippen molar-refractivity contribution in [2.45, 2.75) is 18.7 Å². The Labute approximate surface area is 160 Å². The second-order valence-corrected chi connectivity index (χ2v) is 8.38. The third kappa shape index (κ3) is 3.64. The van der Waals surface area contributed by atoms with Crippen LogP contribution in [0.5, 0.6) is 5.75 Å². The van der Waals surface area contributed by atoms with E-state index in [1.165, 1.54) is 13.2 Å². The van der Waals surface area contributed by atoms with E-state index < -0.39 is 5.82 Å². The van der Waals surface area contributed by atoms with Crippen LogP contribution in [-0.4, -0.2) is 54.3 Å². The van der Waals surface area contributed by atoms with E-state index in [4.69, 9.17) is 4.74 Å². The fourth-order valence-electron chi connectivity index (χ4n) is 3.62. The maximum Gasteiger partial charge on any atom is 0.252 e. The number of allylic oxidation sites excluding steroid dienone is 1. The average Bonchev–Trinajstić information content (AvgIpc) is 2.67. The molecule has 0 saturated carbocycles. The maximum atomic E-state index is 14.0. The van der Waals surface area contributed by atoms with Crippen molar-refractivity contribution in [1.29, 1.82) is 0 Å². The van der Waals surface area contributed by atoms with Crippen LogP contribution < -0.4 is 10.1 Å². The number of hydrogen-bond acceptors (Lipinski definition) is 4. The first-order valence-electron chi connectivity index (χ1n) is 9.08. The first-order chi connectivity index (χ1) is 13.0. The van der Waals surface area contributed by atoms with Crippen LogP contribution >= 0.6 is 8.58 Å². The standard InChI is InChI=1S/C20H23FN3O2P/c1-13-11-23(8-7-22-13)15-4-6-20-24(12-15)19(25)10-18(27-20)14-3-5-17(26-2)16(21)9-14/h3-6,9-10,12-13,20,22,27H,7-8,11H2,1-2H3/t13-,20?/m0/s1. The molecule has 3 heterocycles. The quantitative estimate of drug-likeness (QED) is 0.811. The number of piperazine rings is 1. The molecule has 27 heavy (non-hydrogen) atoms. The molecular formula is C20H23FN3O2P. The highest BCUT2D eigenvalue weighted by molar-refractivity contribution is 7.51. The Kier molecular flexibility index (Phi) is 5.02. The van der Waals surface area contributed by atoms with Crippen molar-refractivity contribution in [2.75, 3.05) is 26.7 Å². The Bertz CT molecular complexity index is 852. The monoisotopic (exact) mass is 387 g/mol. The third-order valence-electron chi connectivity index (χ3n) is 5.04. The lowest BCUT2D eigenvalue weighted by Crippen LogP contribution is -2.49. The smallest absolute Gasteiger partial charge is 0.252 e. The fourth-order valence-corrected chi connectivity index (χ4v) is 5.00. The van der Waals surface area contributed by atoms with E-state index in [1.54, 1.807) is 23.1 Å². The second-order valence-electron chi connectivity index (χ2n) is 6.96. The summed E-state index contributed by atoms with van der Waals surface area (Å²) >= 11 is 0. The van der Waals surface area contributed by atoms with Gasteiger partial charge in [-0.15, -0.1) is 0 Å². The predicted molar refractivity (Wildman–Crippen MR) is 106 cm³/mol. The summed E-state index contributed by atoms with van der Waals surface area (Å²) in [6.07, 6.45) is 7.78. The van der Waals surface area contributed by atoms with E-state index in [9.17, 15) is 9.18 Å². The predicted octanol–water partition coefficient (Wildman–Crippen LogP) is 2.73. The maximum absolute atomic E-state index is 14.0. The summed E-state index contributed by atoms with van der Waals surface area (Å²) in [6.45, 7) is 4.97. The molecule has 7 heteroatoms. The lowest BCUT2D eigenvalue weighted by molar-refractivity contribution is -0.123. The van der Waals surface area contributed by atoms with Crippen molar-refractivity contribution in [3.8, 4) is 5.75 Å². The van der Waals surface area contributed by atoms with E-state index >= 15 is 0 Å². The number of carbonyl (C=O) groups excluding carboxylic acids is 1. The molecule has 1 N–H and O–H groups in total. The number of fused-ring (bicyclic) bond motifs is 1. The highest BCUT2D eigenvalue weighted by Crippen LogP contribution is 2.45. The summed E-state index contributed by atoms with van der Waals surface area (Å²) in [7, 11) is 1.81. The van der Waals surface area contributed by atoms with Gasteiger partial charge >= 0.3 is 0 Å². The van der Waals surface area contributed by atoms with Gasteiger partial charge in [0.25, 0.3) is 5.91 Å². The number of nitrogens with zero attached hydrogens (tertiary/aromatic N) is 2. The zero-order valence-corrected chi connectivity index (χ0v) is 16.4. The summed E-state index contributed by atoms with van der Waals surface area (Å²) in [5, 5.41) is 4.31. The molecule has 0 bridgehead atoms. The highest BCUT2D eigenvalue weighted by atomic mass is 31.1. The molecule has 2 unspecified atom stereocenters. The zero-order valence-electron chi connectivity index (χ0n) is 15.4. The van der Waals surface area contributed by atoms with E-state index in [2.05, 4.69) is 29.3 Å². The molecule has 0 spiro atoms. The van der Waals surface area contributed by atoms with Crippen LogP contribution in [0.2, 0.25) is 0 Å². The number of methoxy groups -OCH3 is 1. The minimum absolute atomic E-state index is 0.00764. The molecule has 0 radical (unpaired) electrons. The van der Waals surface area contributed by atoms with Gasteiger partial charge in [0, 0.05) is 38.0 Å². The van der Waals surface area contributed by atoms with Crippen LogP contribution in [0, 0.1) is 5.82 Å². The normalized spacial score (nSPS) is 26.0. The van der Waals surface area contributed by atoms with Crippen molar-refractivity contribution >= 4 is 19.8 Å². The summed E-state index contributed by atoms with van der Waals surface area (Å²) < 4.78 is 19.0. The summed E-state index contributed by atoms with van der Waals surface area (Å²) in [6, 6.07) is 5.28. The molecule has 1 aromatic rings. The highest BCUT2D eigenvalue weighted by Gasteiger charge is 2.30. The molecule has 4 rings (SSSR count). The van der Waals surface area contributed by atoms with Crippen molar-refractivity contribution in [1.82, 2.24) is 15.1 Å². The molecule has 1 amide bonds. The van der Waals surface area contributed by atoms with Crippen molar-refractivity contribution in [3.63, 3.8) is 0 Å². The van der Waals surface area contributed by atoms with Gasteiger partial charge in [-0.25, -0.2) is 4.39 Å². The largest absolute Gasteiger partial charge is 0.494 e. The number of hydrogen-bond donors (Lipinski definition) is 1. The SMILES string of the molecule is COc1ccc(C2=CC(=O)N3C=C(N4CCN[C@@H](C)C4)C=CC3P2)cc1F. The fraction of sp³-hybridized carbons (Fsp3) is 0.350. The molecule has 0 aliphatic carbocycles. The van der Waals surface area contributed by atoms with Gasteiger partial charge in [0.15, 0.2) is 11.6 Å². The van der Waals surface area contributed by atoms with E-state index in [1.807, 2.05) is 6.20 Å². The lowest BCUT2D eigenvalue weighted by atomic mass is 10.1. The molecule has 3 atom stereocenters. The lowest BCUT2D eigenvalue weighted by Gasteiger charge is -2.39. The number of benzene rings is 1. The van der Waals surface area contributed by atoms with Gasteiger partial charge in [-0.2, -0.15) is 0 Å². The number of nitrogens with one attached hydrogen (secondary N) is 1. The number of ether oxygens (including phenoxy) is 1. The Morgan fingerprint density at radius 2 is 2.22 bits per heavy atom. The van der Waals surface area contributed by atoms with Crippen molar-refractivity contribution in [3.05, 3.63) is 59.7 Å². The minimum atomic E-state index is -0.412. The summed E-state index contributed by atoms with van der Waals surface area (Å²) in [5.41, 5.74) is 1.81. The van der Waals surface area contributed by atoms with Gasteiger partial charge in [0.1, 0.15) is 0 Å². The molecule has 3 aliphatic heterocycles. The molecule has 3 aliphatic rings. The summed E-state index contributed by atoms with van der Waals surface area (Å²) in [5.74, 6) is -0.270. The Balaban J connectivity index is 1.56. The van der Waals surface area contributed by atoms with Crippen LogP contribution in [0.25, 0.3) is 5.31 Å². The molecular weight excluding hydrogens is 364 g/mol. The molecule has 5 nitrogen and oxygen atoms in total. The Morgan fingerprint density at radius 3 is 2.96 bits per heavy atom. The number of rotatable bonds is 3. The van der Waals surface area contributed by atoms with Gasteiger partial charge in [-0.1, -0.05) is 20.7 Å². The summed E-state index contributed by atoms with van der Waals surface area (Å²) in [4.78, 5) is 16.8. The van der Waals surface area contributed by atoms with E-state index in [0.29, 0.717) is 14.6 Å². The molecule has 1 saturated heterocycles. The Hall–Kier alpha value is -2.17. The zero-order chi connectivity index (χ0) is 19.0. The van der Waals surface area contributed by atoms with Crippen LogP contribution in [0.15, 0.2) is 48.3 Å². The Morgan fingerprint density at radius 1 is 1.37 bits per heavy atom. The first kappa shape index (κ1) is 18.2. The van der Waals surface area contributed by atoms with Crippen LogP contribution in [0.1, 0.15) is 12.5 Å². The second kappa shape index (κ2) is 7.45. The molecule has 1 fully saturated rings. The van der Waals surface area contributed by atoms with Gasteiger partial charge in [-0.3, -0.25) is 4.79 Å². The molecule has 0 aromatic heterocycles. The van der Waals surface area contributed by atoms with Crippen LogP contribution in [0.4, 0.5) is 4.39 Å². The van der Waals surface area contributed by atoms with Gasteiger partial charge < -0.3 is 19.9 Å². The van der Waals surface area contributed by atoms with Gasteiger partial charge in [0.05, 0.1) is 18.6 Å². The first-order valence-corrected chi connectivity index (χ1v) is 10.2. The topological polar surface area (TPSA) is 44.8 Å². The average molecular weight is 387 g/mol. The van der Waals surface area contributed by atoms with Crippen molar-refractivity contribution < 1.29 is 13.9 Å². The third-order valence-corrected chi connectivity index (χ3v) is 6.55. The van der Waals surface area contributed by atoms with Crippen LogP contribution in [-0.2, 0) is 4.79 Å². The molecule has 142 valence electrons. The van der Waals surface area contributed by atoms with Crippen LogP contribution in [0.3, 0.4) is 0 Å². The number of halogens is 1. The number of carbonyl (C=O) groups is 1. The minimum Gasteiger partial charge on any atom is -0.494 e. The van der Waals surface area contributed by atoms with Gasteiger partial charge in [0.2, 0.25) is 0 Å². The van der Waals surface area contributed by atoms with Crippen molar-refractivity contribution in [2.24, 2.45) is 0 Å². The van der Waals surface area contributed by atoms with E-state index in [0.717, 1.165) is 36.2 Å². The molecule has 1 aromatic carbocycles.